The molecule has 8 nitrogen and oxygen atoms in total. The molecule has 10 heteroatoms. The molecule has 0 aliphatic heterocycles. The number of phenolic OH excluding ortho intramolecular Hbond substituents is 1. The number of hydrogen-bond donors (Lipinski definition) is 4. The molecule has 4 aromatic carbocycles. The lowest BCUT2D eigenvalue weighted by Crippen LogP contribution is -2.16. The minimum atomic E-state index is -3.26. The lowest BCUT2D eigenvalue weighted by atomic mass is 10.0. The van der Waals surface area contributed by atoms with Crippen LogP contribution in [0.25, 0.3) is 11.1 Å². The molecule has 4 aromatic rings. The van der Waals surface area contributed by atoms with Gasteiger partial charge in [-0.15, -0.1) is 0 Å². The van der Waals surface area contributed by atoms with Crippen molar-refractivity contribution in [3.63, 3.8) is 0 Å². The van der Waals surface area contributed by atoms with Gasteiger partial charge in [0.2, 0.25) is 16.8 Å². The Hall–Kier alpha value is -4.70. The number of carbonyl (C=O) groups excluding carboxylic acids is 2. The molecule has 37 heavy (non-hydrogen) atoms. The Bertz CT molecular complexity index is 1530. The van der Waals surface area contributed by atoms with E-state index < -0.39 is 22.6 Å². The van der Waals surface area contributed by atoms with Crippen molar-refractivity contribution >= 4 is 45.5 Å². The average molecular weight is 520 g/mol. The van der Waals surface area contributed by atoms with Crippen LogP contribution in [0.3, 0.4) is 0 Å². The Morgan fingerprint density at radius 1 is 0.865 bits per heavy atom. The van der Waals surface area contributed by atoms with Gasteiger partial charge >= 0.3 is 0 Å². The van der Waals surface area contributed by atoms with E-state index in [0.29, 0.717) is 5.69 Å². The number of hydrogen-bond acceptors (Lipinski definition) is 5. The molecular weight excluding hydrogens is 497 g/mol. The second kappa shape index (κ2) is 10.9. The highest BCUT2D eigenvalue weighted by molar-refractivity contribution is 7.74. The Balaban J connectivity index is 1.65. The number of benzene rings is 4. The predicted octanol–water partition coefficient (Wildman–Crippen LogP) is 5.07. The highest BCUT2D eigenvalue weighted by Gasteiger charge is 2.18. The third-order valence-electron chi connectivity index (χ3n) is 5.37. The molecule has 0 unspecified atom stereocenters. The summed E-state index contributed by atoms with van der Waals surface area (Å²) in [6.45, 7) is 1.37. The number of carbonyl (C=O) groups is 2. The molecule has 0 spiro atoms. The Kier molecular flexibility index (Phi) is 7.49. The van der Waals surface area contributed by atoms with Crippen molar-refractivity contribution < 1.29 is 27.5 Å². The number of aromatic hydroxyl groups is 1. The predicted molar refractivity (Wildman–Crippen MR) is 141 cm³/mol. The molecule has 0 heterocycles. The molecule has 0 aromatic heterocycles. The smallest absolute Gasteiger partial charge is 0.255 e. The van der Waals surface area contributed by atoms with Crippen LogP contribution in [0.2, 0.25) is 0 Å². The van der Waals surface area contributed by atoms with E-state index in [1.165, 1.54) is 37.3 Å². The fourth-order valence-electron chi connectivity index (χ4n) is 3.73. The number of anilines is 4. The lowest BCUT2D eigenvalue weighted by Gasteiger charge is -2.20. The first-order valence-electron chi connectivity index (χ1n) is 11.0. The highest BCUT2D eigenvalue weighted by atomic mass is 32.2. The Morgan fingerprint density at radius 2 is 1.57 bits per heavy atom. The van der Waals surface area contributed by atoms with Crippen LogP contribution in [0.1, 0.15) is 17.3 Å². The van der Waals surface area contributed by atoms with E-state index >= 15 is 0 Å². The third-order valence-corrected chi connectivity index (χ3v) is 6.15. The fourth-order valence-corrected chi connectivity index (χ4v) is 4.38. The van der Waals surface area contributed by atoms with Gasteiger partial charge in [-0.05, 0) is 60.2 Å². The Labute approximate surface area is 214 Å². The second-order valence-electron chi connectivity index (χ2n) is 7.99. The minimum Gasteiger partial charge on any atom is -0.506 e. The molecule has 0 aliphatic carbocycles. The van der Waals surface area contributed by atoms with Crippen molar-refractivity contribution in [3.8, 4) is 16.9 Å². The number of phenols is 1. The van der Waals surface area contributed by atoms with Crippen LogP contribution < -0.4 is 14.9 Å². The normalized spacial score (nSPS) is 10.7. The molecule has 4 rings (SSSR count). The zero-order chi connectivity index (χ0) is 26.5. The van der Waals surface area contributed by atoms with Gasteiger partial charge in [0.05, 0.1) is 5.69 Å². The van der Waals surface area contributed by atoms with Gasteiger partial charge in [0, 0.05) is 29.4 Å². The standard InChI is InChI=1S/C27H22FN3O5S/c1-17(32)29-24-15-19(7-13-23(24)18-5-3-2-4-6-18)27(34)30-21-10-14-26(33)25(16-21)31(37(35)36)22-11-8-20(28)9-12-22/h2-16,33,37H,1H3,(H,29,32)(H,30,34). The molecule has 2 amide bonds. The topological polar surface area (TPSA) is 116 Å². The van der Waals surface area contributed by atoms with Crippen molar-refractivity contribution in [2.45, 2.75) is 6.92 Å². The van der Waals surface area contributed by atoms with E-state index in [1.807, 2.05) is 30.3 Å². The minimum absolute atomic E-state index is 0.104. The first-order valence-corrected chi connectivity index (χ1v) is 12.2. The van der Waals surface area contributed by atoms with Crippen LogP contribution in [0.5, 0.6) is 5.75 Å². The van der Waals surface area contributed by atoms with E-state index in [0.717, 1.165) is 27.6 Å². The van der Waals surface area contributed by atoms with Crippen LogP contribution in [0.15, 0.2) is 91.0 Å². The molecular formula is C27H22FN3O5S. The highest BCUT2D eigenvalue weighted by Crippen LogP contribution is 2.36. The molecule has 0 saturated heterocycles. The zero-order valence-corrected chi connectivity index (χ0v) is 20.4. The first-order chi connectivity index (χ1) is 17.7. The van der Waals surface area contributed by atoms with Crippen molar-refractivity contribution in [3.05, 3.63) is 102 Å². The molecule has 0 radical (unpaired) electrons. The van der Waals surface area contributed by atoms with Crippen LogP contribution in [-0.4, -0.2) is 25.3 Å². The summed E-state index contributed by atoms with van der Waals surface area (Å²) in [4.78, 5) is 24.8. The summed E-state index contributed by atoms with van der Waals surface area (Å²) in [5.74, 6) is -1.73. The molecule has 0 atom stereocenters. The van der Waals surface area contributed by atoms with E-state index in [-0.39, 0.29) is 34.3 Å². The number of amides is 2. The largest absolute Gasteiger partial charge is 0.506 e. The van der Waals surface area contributed by atoms with Gasteiger partial charge in [0.15, 0.2) is 0 Å². The van der Waals surface area contributed by atoms with Crippen LogP contribution in [0.4, 0.5) is 27.1 Å². The maximum absolute atomic E-state index is 13.3. The molecule has 0 aliphatic rings. The molecule has 3 N–H and O–H groups in total. The van der Waals surface area contributed by atoms with Crippen LogP contribution in [0, 0.1) is 5.82 Å². The van der Waals surface area contributed by atoms with Gasteiger partial charge in [-0.25, -0.2) is 17.1 Å². The van der Waals surface area contributed by atoms with Crippen molar-refractivity contribution in [2.75, 3.05) is 14.9 Å². The monoisotopic (exact) mass is 519 g/mol. The van der Waals surface area contributed by atoms with E-state index in [4.69, 9.17) is 0 Å². The fraction of sp³-hybridized carbons (Fsp3) is 0.0370. The summed E-state index contributed by atoms with van der Waals surface area (Å²) >= 11 is 0. The van der Waals surface area contributed by atoms with Gasteiger partial charge in [-0.2, -0.15) is 0 Å². The van der Waals surface area contributed by atoms with Gasteiger partial charge < -0.3 is 15.7 Å². The summed E-state index contributed by atoms with van der Waals surface area (Å²) < 4.78 is 38.1. The number of nitrogens with zero attached hydrogens (tertiary/aromatic N) is 1. The van der Waals surface area contributed by atoms with Crippen molar-refractivity contribution in [2.24, 2.45) is 0 Å². The van der Waals surface area contributed by atoms with Crippen LogP contribution >= 0.6 is 0 Å². The van der Waals surface area contributed by atoms with Crippen molar-refractivity contribution in [1.82, 2.24) is 0 Å². The zero-order valence-electron chi connectivity index (χ0n) is 19.5. The van der Waals surface area contributed by atoms with E-state index in [1.54, 1.807) is 18.2 Å². The quantitative estimate of drug-likeness (QED) is 0.201. The number of halogens is 1. The second-order valence-corrected chi connectivity index (χ2v) is 8.87. The van der Waals surface area contributed by atoms with Gasteiger partial charge in [-0.1, -0.05) is 36.4 Å². The molecule has 0 fully saturated rings. The average Bonchev–Trinajstić information content (AvgIpc) is 2.87. The van der Waals surface area contributed by atoms with E-state index in [9.17, 15) is 27.5 Å². The van der Waals surface area contributed by atoms with Gasteiger partial charge in [0.1, 0.15) is 17.3 Å². The summed E-state index contributed by atoms with van der Waals surface area (Å²) in [5.41, 5.74) is 2.45. The Morgan fingerprint density at radius 3 is 2.22 bits per heavy atom. The first kappa shape index (κ1) is 25.4. The van der Waals surface area contributed by atoms with Gasteiger partial charge in [0.25, 0.3) is 5.91 Å². The lowest BCUT2D eigenvalue weighted by molar-refractivity contribution is -0.114. The molecule has 0 bridgehead atoms. The summed E-state index contributed by atoms with van der Waals surface area (Å²) in [6, 6.07) is 22.8. The summed E-state index contributed by atoms with van der Waals surface area (Å²) in [5, 5.41) is 15.8. The number of rotatable bonds is 7. The molecule has 0 saturated carbocycles. The number of nitrogens with one attached hydrogen (secondary N) is 2. The number of thiol groups is 1. The third kappa shape index (κ3) is 5.93. The van der Waals surface area contributed by atoms with Crippen molar-refractivity contribution in [1.29, 1.82) is 0 Å². The maximum atomic E-state index is 13.3. The molecule has 188 valence electrons. The summed E-state index contributed by atoms with van der Waals surface area (Å²) in [6.07, 6.45) is 0. The van der Waals surface area contributed by atoms with Crippen LogP contribution in [-0.2, 0) is 15.7 Å². The van der Waals surface area contributed by atoms with Gasteiger partial charge in [-0.3, -0.25) is 9.59 Å². The van der Waals surface area contributed by atoms with E-state index in [2.05, 4.69) is 10.6 Å². The SMILES string of the molecule is CC(=O)Nc1cc(C(=O)Nc2ccc(O)c(N(c3ccc(F)cc3)[SH](=O)=O)c2)ccc1-c1ccccc1. The maximum Gasteiger partial charge on any atom is 0.255 e. The summed E-state index contributed by atoms with van der Waals surface area (Å²) in [7, 11) is -3.26.